The number of alkyl halides is 1. The third-order valence-corrected chi connectivity index (χ3v) is 18.9. The molecule has 7 atom stereocenters. The number of hydrogen-bond donors (Lipinski definition) is 4. The van der Waals surface area contributed by atoms with Gasteiger partial charge >= 0.3 is 10.2 Å². The molecule has 0 unspecified atom stereocenters. The monoisotopic (exact) mass is 887 g/mol. The van der Waals surface area contributed by atoms with E-state index in [0.29, 0.717) is 77.9 Å². The standard InChI is InChI=1S/C45H70FN7O8S/c1-4-32-27-45(32,41(58)50-62(59,60)52-22-10-11-23-52)49-38(55)34-28-44(42(2,3)43(44)18-12-19-43)29-53(34)40(57)36(31-16-25-61-26-17-31)48-39(56)35(30-13-6-5-7-14-30)47-37(54)33-15-8-9-21-51(33)24-20-46/h4,30-36H,1,5-29H2,2-3H3,(H,47,54)(H,48,56)(H,49,55)(H,50,58)/t32-,33+,34+,35+,36+,44-,45-/m1/s1. The number of carbonyl (C=O) groups is 5. The molecule has 4 saturated carbocycles. The van der Waals surface area contributed by atoms with Crippen LogP contribution in [-0.4, -0.2) is 134 Å². The topological polar surface area (TPSA) is 187 Å². The number of ether oxygens (including phenoxy) is 1. The second-order valence-corrected chi connectivity index (χ2v) is 22.1. The van der Waals surface area contributed by atoms with Crippen LogP contribution in [0, 0.1) is 34.0 Å². The minimum Gasteiger partial charge on any atom is -0.381 e. The van der Waals surface area contributed by atoms with Gasteiger partial charge < -0.3 is 25.6 Å². The van der Waals surface area contributed by atoms with Crippen molar-refractivity contribution in [3.63, 3.8) is 0 Å². The highest BCUT2D eigenvalue weighted by Crippen LogP contribution is 2.88. The van der Waals surface area contributed by atoms with Crippen molar-refractivity contribution in [2.24, 2.45) is 34.0 Å². The molecule has 346 valence electrons. The van der Waals surface area contributed by atoms with Gasteiger partial charge in [-0.15, -0.1) is 6.58 Å². The molecule has 4 N–H and O–H groups in total. The fourth-order valence-corrected chi connectivity index (χ4v) is 14.5. The molecule has 2 spiro atoms. The highest BCUT2D eigenvalue weighted by atomic mass is 32.2. The fourth-order valence-electron chi connectivity index (χ4n) is 13.2. The fraction of sp³-hybridized carbons (Fsp3) is 0.844. The van der Waals surface area contributed by atoms with Gasteiger partial charge in [0.1, 0.15) is 30.3 Å². The summed E-state index contributed by atoms with van der Waals surface area (Å²) in [5.74, 6) is -3.38. The van der Waals surface area contributed by atoms with Gasteiger partial charge in [-0.1, -0.05) is 52.0 Å². The molecular formula is C45H70FN7O8S. The maximum atomic E-state index is 15.5. The lowest BCUT2D eigenvalue weighted by molar-refractivity contribution is -0.145. The molecule has 5 amide bonds. The Morgan fingerprint density at radius 1 is 0.790 bits per heavy atom. The van der Waals surface area contributed by atoms with E-state index in [9.17, 15) is 32.0 Å². The van der Waals surface area contributed by atoms with E-state index in [-0.39, 0.29) is 52.9 Å². The summed E-state index contributed by atoms with van der Waals surface area (Å²) >= 11 is 0. The first-order valence-electron chi connectivity index (χ1n) is 23.7. The maximum absolute atomic E-state index is 15.5. The molecule has 4 aliphatic heterocycles. The molecule has 0 radical (unpaired) electrons. The van der Waals surface area contributed by atoms with Crippen LogP contribution in [-0.2, 0) is 38.9 Å². The summed E-state index contributed by atoms with van der Waals surface area (Å²) in [6.45, 7) is 10.3. The number of nitrogens with zero attached hydrogens (tertiary/aromatic N) is 3. The highest BCUT2D eigenvalue weighted by molar-refractivity contribution is 7.87. The third-order valence-electron chi connectivity index (χ3n) is 17.4. The number of fused-ring (bicyclic) bond motifs is 1. The van der Waals surface area contributed by atoms with Crippen molar-refractivity contribution < 1.29 is 41.5 Å². The number of carbonyl (C=O) groups excluding carboxylic acids is 5. The van der Waals surface area contributed by atoms with Gasteiger partial charge in [0.15, 0.2) is 0 Å². The lowest BCUT2D eigenvalue weighted by atomic mass is 9.73. The number of hydrogen-bond acceptors (Lipinski definition) is 9. The molecule has 17 heteroatoms. The van der Waals surface area contributed by atoms with Gasteiger partial charge in [0.25, 0.3) is 5.91 Å². The Balaban J connectivity index is 1.07. The largest absolute Gasteiger partial charge is 0.381 e. The molecule has 15 nitrogen and oxygen atoms in total. The predicted octanol–water partition coefficient (Wildman–Crippen LogP) is 3.10. The SMILES string of the molecule is C=C[C@@H]1C[C@]1(NC(=O)[C@@H]1C[C@@]2(CN1C(=O)[C@@H](NC(=O)[C@@H](NC(=O)[C@@H]1CCCCN1CCF)C1CCCCC1)C1CCOCC1)C(C)(C)C21CCC1)C(=O)NS(=O)(=O)N1CCCC1. The lowest BCUT2D eigenvalue weighted by Crippen LogP contribution is -2.62. The van der Waals surface area contributed by atoms with Gasteiger partial charge in [-0.05, 0) is 106 Å². The number of piperidine rings is 1. The van der Waals surface area contributed by atoms with E-state index in [1.807, 2.05) is 4.90 Å². The molecule has 8 aliphatic rings. The van der Waals surface area contributed by atoms with E-state index in [2.05, 4.69) is 41.1 Å². The second-order valence-electron chi connectivity index (χ2n) is 20.4. The minimum atomic E-state index is -4.13. The third kappa shape index (κ3) is 7.90. The number of likely N-dealkylation sites (tertiary alicyclic amines) is 2. The van der Waals surface area contributed by atoms with Crippen LogP contribution in [0.15, 0.2) is 12.7 Å². The normalized spacial score (nSPS) is 33.3. The van der Waals surface area contributed by atoms with Crippen molar-refractivity contribution in [3.8, 4) is 0 Å². The molecule has 0 bridgehead atoms. The summed E-state index contributed by atoms with van der Waals surface area (Å²) in [5, 5.41) is 9.26. The van der Waals surface area contributed by atoms with Crippen LogP contribution in [0.4, 0.5) is 4.39 Å². The van der Waals surface area contributed by atoms with E-state index < -0.39 is 70.2 Å². The molecule has 4 heterocycles. The zero-order valence-corrected chi connectivity index (χ0v) is 37.7. The summed E-state index contributed by atoms with van der Waals surface area (Å²) in [6, 6.07) is -3.42. The number of halogens is 1. The Labute approximate surface area is 367 Å². The van der Waals surface area contributed by atoms with Crippen molar-refractivity contribution in [2.75, 3.05) is 52.6 Å². The van der Waals surface area contributed by atoms with Gasteiger partial charge in [0.05, 0.1) is 6.04 Å². The molecule has 4 aliphatic carbocycles. The summed E-state index contributed by atoms with van der Waals surface area (Å²) in [7, 11) is -4.13. The Morgan fingerprint density at radius 3 is 2.06 bits per heavy atom. The summed E-state index contributed by atoms with van der Waals surface area (Å²) in [5.41, 5.74) is -2.11. The molecule has 0 aromatic heterocycles. The van der Waals surface area contributed by atoms with E-state index >= 15 is 4.79 Å². The van der Waals surface area contributed by atoms with E-state index in [4.69, 9.17) is 4.74 Å². The van der Waals surface area contributed by atoms with Gasteiger partial charge in [0.2, 0.25) is 23.6 Å². The van der Waals surface area contributed by atoms with Crippen molar-refractivity contribution in [1.29, 1.82) is 0 Å². The summed E-state index contributed by atoms with van der Waals surface area (Å²) < 4.78 is 49.2. The Kier molecular flexibility index (Phi) is 12.9. The van der Waals surface area contributed by atoms with Crippen LogP contribution in [0.1, 0.15) is 123 Å². The number of rotatable bonds is 15. The van der Waals surface area contributed by atoms with Crippen molar-refractivity contribution in [2.45, 2.75) is 153 Å². The highest BCUT2D eigenvalue weighted by Gasteiger charge is 2.85. The quantitative estimate of drug-likeness (QED) is 0.180. The molecule has 62 heavy (non-hydrogen) atoms. The molecular weight excluding hydrogens is 818 g/mol. The smallest absolute Gasteiger partial charge is 0.303 e. The maximum Gasteiger partial charge on any atom is 0.303 e. The zero-order chi connectivity index (χ0) is 44.1. The average molecular weight is 888 g/mol. The van der Waals surface area contributed by atoms with Gasteiger partial charge in [-0.2, -0.15) is 12.7 Å². The average Bonchev–Trinajstić information content (AvgIpc) is 3.70. The Hall–Kier alpha value is -3.15. The molecule has 0 aromatic carbocycles. The Bertz CT molecular complexity index is 1860. The van der Waals surface area contributed by atoms with E-state index in [0.717, 1.165) is 64.2 Å². The van der Waals surface area contributed by atoms with Crippen LogP contribution >= 0.6 is 0 Å². The summed E-state index contributed by atoms with van der Waals surface area (Å²) in [6.07, 6.45) is 14.2. The van der Waals surface area contributed by atoms with E-state index in [1.165, 1.54) is 4.31 Å². The van der Waals surface area contributed by atoms with Crippen molar-refractivity contribution in [1.82, 2.24) is 34.8 Å². The number of nitrogens with one attached hydrogen (secondary N) is 4. The van der Waals surface area contributed by atoms with Gasteiger partial charge in [0, 0.05) is 50.7 Å². The molecule has 8 fully saturated rings. The van der Waals surface area contributed by atoms with Crippen LogP contribution in [0.2, 0.25) is 0 Å². The van der Waals surface area contributed by atoms with Crippen molar-refractivity contribution in [3.05, 3.63) is 12.7 Å². The zero-order valence-electron chi connectivity index (χ0n) is 36.9. The lowest BCUT2D eigenvalue weighted by Gasteiger charge is -2.38. The first-order chi connectivity index (χ1) is 29.6. The summed E-state index contributed by atoms with van der Waals surface area (Å²) in [4.78, 5) is 76.6. The van der Waals surface area contributed by atoms with E-state index in [1.54, 1.807) is 11.0 Å². The van der Waals surface area contributed by atoms with Crippen LogP contribution in [0.5, 0.6) is 0 Å². The van der Waals surface area contributed by atoms with Gasteiger partial charge in [-0.25, -0.2) is 9.11 Å². The second kappa shape index (κ2) is 17.7. The molecule has 4 saturated heterocycles. The number of amides is 5. The van der Waals surface area contributed by atoms with Crippen LogP contribution in [0.25, 0.3) is 0 Å². The molecule has 8 rings (SSSR count). The predicted molar refractivity (Wildman–Crippen MR) is 229 cm³/mol. The minimum absolute atomic E-state index is 0.0431. The first-order valence-corrected chi connectivity index (χ1v) is 25.2. The van der Waals surface area contributed by atoms with Gasteiger partial charge in [-0.3, -0.25) is 28.9 Å². The van der Waals surface area contributed by atoms with Crippen LogP contribution < -0.4 is 20.7 Å². The first kappa shape index (κ1) is 45.4. The molecule has 0 aromatic rings. The van der Waals surface area contributed by atoms with Crippen molar-refractivity contribution >= 4 is 39.7 Å². The van der Waals surface area contributed by atoms with Crippen LogP contribution in [0.3, 0.4) is 0 Å². The Morgan fingerprint density at radius 2 is 1.45 bits per heavy atom.